The van der Waals surface area contributed by atoms with Crippen LogP contribution in [0.3, 0.4) is 0 Å². The molecule has 0 aromatic carbocycles. The Labute approximate surface area is 113 Å². The van der Waals surface area contributed by atoms with Gasteiger partial charge in [0.25, 0.3) is 0 Å². The minimum atomic E-state index is 0.364. The van der Waals surface area contributed by atoms with Crippen LogP contribution in [0.15, 0.2) is 12.7 Å². The molecule has 2 unspecified atom stereocenters. The summed E-state index contributed by atoms with van der Waals surface area (Å²) in [5.41, 5.74) is 0. The second kappa shape index (κ2) is 9.54. The minimum Gasteiger partial charge on any atom is -0.374 e. The van der Waals surface area contributed by atoms with Crippen LogP contribution in [-0.4, -0.2) is 50.3 Å². The van der Waals surface area contributed by atoms with Gasteiger partial charge in [0.2, 0.25) is 0 Å². The van der Waals surface area contributed by atoms with Crippen LogP contribution in [0, 0.1) is 0 Å². The number of allylic oxidation sites excluding steroid dienone is 1. The SMILES string of the molecule is C=CCCCCCC(NCC)C1CN(C)CCO1. The lowest BCUT2D eigenvalue weighted by Gasteiger charge is -2.35. The van der Waals surface area contributed by atoms with E-state index in [1.165, 1.54) is 25.7 Å². The predicted octanol–water partition coefficient (Wildman–Crippen LogP) is 2.43. The molecule has 106 valence electrons. The number of rotatable bonds is 9. The Morgan fingerprint density at radius 3 is 2.94 bits per heavy atom. The van der Waals surface area contributed by atoms with Gasteiger partial charge in [-0.25, -0.2) is 0 Å². The minimum absolute atomic E-state index is 0.364. The number of nitrogens with zero attached hydrogens (tertiary/aromatic N) is 1. The number of nitrogens with one attached hydrogen (secondary N) is 1. The molecular weight excluding hydrogens is 224 g/mol. The van der Waals surface area contributed by atoms with Crippen LogP contribution in [0.1, 0.15) is 39.0 Å². The fraction of sp³-hybridized carbons (Fsp3) is 0.867. The van der Waals surface area contributed by atoms with E-state index < -0.39 is 0 Å². The fourth-order valence-corrected chi connectivity index (χ4v) is 2.57. The van der Waals surface area contributed by atoms with Gasteiger partial charge in [-0.05, 0) is 32.9 Å². The average Bonchev–Trinajstić information content (AvgIpc) is 2.37. The lowest BCUT2D eigenvalue weighted by atomic mass is 10.0. The molecule has 0 aliphatic carbocycles. The largest absolute Gasteiger partial charge is 0.374 e. The zero-order valence-electron chi connectivity index (χ0n) is 12.2. The highest BCUT2D eigenvalue weighted by molar-refractivity contribution is 4.82. The fourth-order valence-electron chi connectivity index (χ4n) is 2.57. The predicted molar refractivity (Wildman–Crippen MR) is 78.0 cm³/mol. The molecule has 0 spiro atoms. The summed E-state index contributed by atoms with van der Waals surface area (Å²) in [7, 11) is 2.18. The Hall–Kier alpha value is -0.380. The molecule has 1 N–H and O–H groups in total. The first kappa shape index (κ1) is 15.7. The lowest BCUT2D eigenvalue weighted by Crippen LogP contribution is -2.51. The van der Waals surface area contributed by atoms with Gasteiger partial charge in [-0.2, -0.15) is 0 Å². The summed E-state index contributed by atoms with van der Waals surface area (Å²) in [4.78, 5) is 2.37. The molecule has 0 aromatic rings. The molecular formula is C15H30N2O. The molecule has 0 amide bonds. The Balaban J connectivity index is 2.26. The number of unbranched alkanes of at least 4 members (excludes halogenated alkanes) is 3. The normalized spacial score (nSPS) is 22.9. The Bertz CT molecular complexity index is 221. The van der Waals surface area contributed by atoms with Gasteiger partial charge in [-0.1, -0.05) is 25.8 Å². The maximum Gasteiger partial charge on any atom is 0.0855 e. The summed E-state index contributed by atoms with van der Waals surface area (Å²) in [6.45, 7) is 9.97. The molecule has 0 bridgehead atoms. The summed E-state index contributed by atoms with van der Waals surface area (Å²) in [6.07, 6.45) is 8.61. The van der Waals surface area contributed by atoms with Gasteiger partial charge in [0.1, 0.15) is 0 Å². The Kier molecular flexibility index (Phi) is 8.31. The average molecular weight is 254 g/mol. The zero-order valence-corrected chi connectivity index (χ0v) is 12.2. The molecule has 3 nitrogen and oxygen atoms in total. The first-order valence-electron chi connectivity index (χ1n) is 7.42. The number of likely N-dealkylation sites (N-methyl/N-ethyl adjacent to an activating group) is 2. The summed E-state index contributed by atoms with van der Waals surface area (Å²) < 4.78 is 5.92. The van der Waals surface area contributed by atoms with Crippen molar-refractivity contribution in [2.24, 2.45) is 0 Å². The topological polar surface area (TPSA) is 24.5 Å². The van der Waals surface area contributed by atoms with Gasteiger partial charge >= 0.3 is 0 Å². The van der Waals surface area contributed by atoms with Crippen LogP contribution in [0.25, 0.3) is 0 Å². The van der Waals surface area contributed by atoms with Crippen molar-refractivity contribution in [3.63, 3.8) is 0 Å². The molecule has 0 aromatic heterocycles. The highest BCUT2D eigenvalue weighted by atomic mass is 16.5. The molecule has 1 rings (SSSR count). The highest BCUT2D eigenvalue weighted by Crippen LogP contribution is 2.14. The van der Waals surface area contributed by atoms with E-state index in [0.717, 1.165) is 32.7 Å². The third-order valence-corrected chi connectivity index (χ3v) is 3.64. The van der Waals surface area contributed by atoms with Crippen molar-refractivity contribution >= 4 is 0 Å². The number of hydrogen-bond donors (Lipinski definition) is 1. The van der Waals surface area contributed by atoms with Crippen molar-refractivity contribution in [1.82, 2.24) is 10.2 Å². The maximum atomic E-state index is 5.92. The maximum absolute atomic E-state index is 5.92. The smallest absolute Gasteiger partial charge is 0.0855 e. The molecule has 0 radical (unpaired) electrons. The van der Waals surface area contributed by atoms with Gasteiger partial charge in [-0.3, -0.25) is 0 Å². The summed E-state index contributed by atoms with van der Waals surface area (Å²) in [5.74, 6) is 0. The molecule has 18 heavy (non-hydrogen) atoms. The van der Waals surface area contributed by atoms with E-state index in [0.29, 0.717) is 12.1 Å². The molecule has 1 fully saturated rings. The third-order valence-electron chi connectivity index (χ3n) is 3.64. The number of ether oxygens (including phenoxy) is 1. The first-order chi connectivity index (χ1) is 8.77. The van der Waals surface area contributed by atoms with E-state index in [1.54, 1.807) is 0 Å². The molecule has 1 aliphatic rings. The molecule has 1 aliphatic heterocycles. The van der Waals surface area contributed by atoms with Gasteiger partial charge in [0.05, 0.1) is 12.7 Å². The van der Waals surface area contributed by atoms with Crippen molar-refractivity contribution in [3.05, 3.63) is 12.7 Å². The second-order valence-corrected chi connectivity index (χ2v) is 5.26. The van der Waals surface area contributed by atoms with E-state index >= 15 is 0 Å². The van der Waals surface area contributed by atoms with Crippen molar-refractivity contribution in [2.75, 3.05) is 33.3 Å². The summed E-state index contributed by atoms with van der Waals surface area (Å²) >= 11 is 0. The number of hydrogen-bond acceptors (Lipinski definition) is 3. The quantitative estimate of drug-likeness (QED) is 0.505. The van der Waals surface area contributed by atoms with Gasteiger partial charge in [-0.15, -0.1) is 6.58 Å². The summed E-state index contributed by atoms with van der Waals surface area (Å²) in [6, 6.07) is 0.515. The third kappa shape index (κ3) is 5.98. The van der Waals surface area contributed by atoms with Gasteiger partial charge in [0, 0.05) is 19.1 Å². The summed E-state index contributed by atoms with van der Waals surface area (Å²) in [5, 5.41) is 3.59. The molecule has 1 heterocycles. The first-order valence-corrected chi connectivity index (χ1v) is 7.42. The zero-order chi connectivity index (χ0) is 13.2. The van der Waals surface area contributed by atoms with Crippen molar-refractivity contribution < 1.29 is 4.74 Å². The van der Waals surface area contributed by atoms with Crippen molar-refractivity contribution in [2.45, 2.75) is 51.2 Å². The lowest BCUT2D eigenvalue weighted by molar-refractivity contribution is -0.0399. The van der Waals surface area contributed by atoms with Crippen LogP contribution in [0.5, 0.6) is 0 Å². The van der Waals surface area contributed by atoms with Crippen LogP contribution in [0.4, 0.5) is 0 Å². The van der Waals surface area contributed by atoms with Crippen LogP contribution in [-0.2, 0) is 4.74 Å². The molecule has 2 atom stereocenters. The highest BCUT2D eigenvalue weighted by Gasteiger charge is 2.25. The van der Waals surface area contributed by atoms with Crippen molar-refractivity contribution in [1.29, 1.82) is 0 Å². The van der Waals surface area contributed by atoms with E-state index in [2.05, 4.69) is 30.8 Å². The van der Waals surface area contributed by atoms with Crippen LogP contribution in [0.2, 0.25) is 0 Å². The van der Waals surface area contributed by atoms with E-state index in [-0.39, 0.29) is 0 Å². The van der Waals surface area contributed by atoms with Gasteiger partial charge in [0.15, 0.2) is 0 Å². The number of morpholine rings is 1. The second-order valence-electron chi connectivity index (χ2n) is 5.26. The molecule has 0 saturated carbocycles. The molecule has 3 heteroatoms. The van der Waals surface area contributed by atoms with E-state index in [1.807, 2.05) is 6.08 Å². The Morgan fingerprint density at radius 1 is 1.44 bits per heavy atom. The van der Waals surface area contributed by atoms with E-state index in [9.17, 15) is 0 Å². The molecule has 1 saturated heterocycles. The standard InChI is InChI=1S/C15H30N2O/c1-4-6-7-8-9-10-14(16-5-2)15-13-17(3)11-12-18-15/h4,14-16H,1,5-13H2,2-3H3. The van der Waals surface area contributed by atoms with Crippen LogP contribution < -0.4 is 5.32 Å². The van der Waals surface area contributed by atoms with Crippen LogP contribution >= 0.6 is 0 Å². The monoisotopic (exact) mass is 254 g/mol. The Morgan fingerprint density at radius 2 is 2.28 bits per heavy atom. The van der Waals surface area contributed by atoms with Gasteiger partial charge < -0.3 is 15.0 Å². The van der Waals surface area contributed by atoms with E-state index in [4.69, 9.17) is 4.74 Å². The van der Waals surface area contributed by atoms with Crippen molar-refractivity contribution in [3.8, 4) is 0 Å².